The van der Waals surface area contributed by atoms with E-state index in [0.717, 1.165) is 19.3 Å². The first-order chi connectivity index (χ1) is 14.5. The molecule has 1 aliphatic heterocycles. The van der Waals surface area contributed by atoms with E-state index in [1.165, 1.54) is 28.8 Å². The SMILES string of the molecule is O=C(NCCC1=CCCCC1)[C@H]1CCCN(S(=O)(=O)c2ccc(-c3ccn[nH]3)o2)C1. The summed E-state index contributed by atoms with van der Waals surface area (Å²) in [5.74, 6) is 0.00852. The van der Waals surface area contributed by atoms with E-state index in [0.29, 0.717) is 37.4 Å². The second-order valence-electron chi connectivity index (χ2n) is 7.94. The number of aromatic nitrogens is 2. The van der Waals surface area contributed by atoms with Gasteiger partial charge in [0.25, 0.3) is 10.0 Å². The quantitative estimate of drug-likeness (QED) is 0.654. The van der Waals surface area contributed by atoms with Crippen molar-refractivity contribution in [3.63, 3.8) is 0 Å². The summed E-state index contributed by atoms with van der Waals surface area (Å²) in [7, 11) is -3.79. The van der Waals surface area contributed by atoms with Gasteiger partial charge in [-0.25, -0.2) is 8.42 Å². The van der Waals surface area contributed by atoms with Gasteiger partial charge < -0.3 is 9.73 Å². The van der Waals surface area contributed by atoms with Gasteiger partial charge in [0.2, 0.25) is 11.0 Å². The summed E-state index contributed by atoms with van der Waals surface area (Å²) in [6.45, 7) is 1.18. The lowest BCUT2D eigenvalue weighted by Gasteiger charge is -2.30. The molecule has 1 amide bonds. The molecule has 162 valence electrons. The van der Waals surface area contributed by atoms with E-state index in [2.05, 4.69) is 21.6 Å². The molecule has 3 heterocycles. The van der Waals surface area contributed by atoms with Crippen molar-refractivity contribution in [3.05, 3.63) is 36.0 Å². The molecular formula is C21H28N4O4S. The monoisotopic (exact) mass is 432 g/mol. The largest absolute Gasteiger partial charge is 0.442 e. The Labute approximate surface area is 176 Å². The number of sulfonamides is 1. The van der Waals surface area contributed by atoms with Crippen molar-refractivity contribution in [1.29, 1.82) is 0 Å². The summed E-state index contributed by atoms with van der Waals surface area (Å²) in [5, 5.41) is 9.49. The van der Waals surface area contributed by atoms with Crippen molar-refractivity contribution in [2.45, 2.75) is 50.0 Å². The number of nitrogens with one attached hydrogen (secondary N) is 2. The molecule has 30 heavy (non-hydrogen) atoms. The average molecular weight is 433 g/mol. The highest BCUT2D eigenvalue weighted by Gasteiger charge is 2.35. The minimum absolute atomic E-state index is 0.0658. The highest BCUT2D eigenvalue weighted by molar-refractivity contribution is 7.89. The number of allylic oxidation sites excluding steroid dienone is 1. The Morgan fingerprint density at radius 1 is 1.27 bits per heavy atom. The summed E-state index contributed by atoms with van der Waals surface area (Å²) < 4.78 is 33.0. The van der Waals surface area contributed by atoms with Gasteiger partial charge in [-0.1, -0.05) is 11.6 Å². The van der Waals surface area contributed by atoms with E-state index in [1.807, 2.05) is 0 Å². The van der Waals surface area contributed by atoms with Crippen LogP contribution in [-0.2, 0) is 14.8 Å². The maximum absolute atomic E-state index is 13.0. The number of H-pyrrole nitrogens is 1. The van der Waals surface area contributed by atoms with E-state index >= 15 is 0 Å². The van der Waals surface area contributed by atoms with Crippen molar-refractivity contribution in [3.8, 4) is 11.5 Å². The first kappa shape index (κ1) is 20.9. The highest BCUT2D eigenvalue weighted by Crippen LogP contribution is 2.28. The van der Waals surface area contributed by atoms with Gasteiger partial charge in [-0.05, 0) is 63.1 Å². The molecule has 0 saturated carbocycles. The van der Waals surface area contributed by atoms with Crippen LogP contribution in [0.1, 0.15) is 44.9 Å². The fourth-order valence-corrected chi connectivity index (χ4v) is 5.56. The number of hydrogen-bond acceptors (Lipinski definition) is 5. The third-order valence-electron chi connectivity index (χ3n) is 5.83. The molecule has 2 aromatic heterocycles. The Bertz CT molecular complexity index is 994. The Balaban J connectivity index is 1.35. The smallest absolute Gasteiger partial charge is 0.276 e. The second-order valence-corrected chi connectivity index (χ2v) is 9.81. The Morgan fingerprint density at radius 2 is 2.17 bits per heavy atom. The van der Waals surface area contributed by atoms with E-state index < -0.39 is 10.0 Å². The molecule has 0 unspecified atom stereocenters. The molecule has 9 heteroatoms. The molecule has 0 bridgehead atoms. The van der Waals surface area contributed by atoms with E-state index in [4.69, 9.17) is 4.42 Å². The zero-order valence-corrected chi connectivity index (χ0v) is 17.8. The molecule has 4 rings (SSSR count). The fraction of sp³-hybridized carbons (Fsp3) is 0.524. The molecule has 0 spiro atoms. The number of hydrogen-bond donors (Lipinski definition) is 2. The summed E-state index contributed by atoms with van der Waals surface area (Å²) in [5.41, 5.74) is 2.03. The number of nitrogens with zero attached hydrogens (tertiary/aromatic N) is 2. The summed E-state index contributed by atoms with van der Waals surface area (Å²) >= 11 is 0. The Kier molecular flexibility index (Phi) is 6.38. The molecule has 1 saturated heterocycles. The van der Waals surface area contributed by atoms with E-state index in [9.17, 15) is 13.2 Å². The van der Waals surface area contributed by atoms with Crippen LogP contribution in [0.15, 0.2) is 45.6 Å². The molecular weight excluding hydrogens is 404 g/mol. The number of carbonyl (C=O) groups is 1. The van der Waals surface area contributed by atoms with Crippen LogP contribution in [-0.4, -0.2) is 48.5 Å². The predicted octanol–water partition coefficient (Wildman–Crippen LogP) is 3.08. The number of carbonyl (C=O) groups excluding carboxylic acids is 1. The number of piperidine rings is 1. The molecule has 1 aliphatic carbocycles. The molecule has 2 aliphatic rings. The van der Waals surface area contributed by atoms with Crippen LogP contribution in [0.4, 0.5) is 0 Å². The second kappa shape index (κ2) is 9.18. The number of amides is 1. The lowest BCUT2D eigenvalue weighted by molar-refractivity contribution is -0.126. The molecule has 8 nitrogen and oxygen atoms in total. The zero-order valence-electron chi connectivity index (χ0n) is 17.0. The zero-order chi connectivity index (χ0) is 21.0. The summed E-state index contributed by atoms with van der Waals surface area (Å²) in [4.78, 5) is 12.6. The van der Waals surface area contributed by atoms with Crippen molar-refractivity contribution in [1.82, 2.24) is 19.8 Å². The molecule has 1 fully saturated rings. The standard InChI is InChI=1S/C21H28N4O4S/c26-21(22-12-10-16-5-2-1-3-6-16)17-7-4-14-25(15-17)30(27,28)20-9-8-19(29-20)18-11-13-23-24-18/h5,8-9,11,13,17H,1-4,6-7,10,12,14-15H2,(H,22,26)(H,23,24)/t17-/m0/s1. The van der Waals surface area contributed by atoms with Crippen molar-refractivity contribution >= 4 is 15.9 Å². The lowest BCUT2D eigenvalue weighted by atomic mass is 9.96. The van der Waals surface area contributed by atoms with Crippen LogP contribution >= 0.6 is 0 Å². The topological polar surface area (TPSA) is 108 Å². The predicted molar refractivity (Wildman–Crippen MR) is 112 cm³/mol. The van der Waals surface area contributed by atoms with Gasteiger partial charge in [0.15, 0.2) is 5.76 Å². The first-order valence-electron chi connectivity index (χ1n) is 10.6. The van der Waals surface area contributed by atoms with Gasteiger partial charge >= 0.3 is 0 Å². The van der Waals surface area contributed by atoms with Crippen molar-refractivity contribution in [2.75, 3.05) is 19.6 Å². The van der Waals surface area contributed by atoms with Crippen LogP contribution in [0, 0.1) is 5.92 Å². The molecule has 2 N–H and O–H groups in total. The van der Waals surface area contributed by atoms with Crippen molar-refractivity contribution in [2.24, 2.45) is 5.92 Å². The fourth-order valence-electron chi connectivity index (χ4n) is 4.12. The lowest BCUT2D eigenvalue weighted by Crippen LogP contribution is -2.45. The molecule has 1 atom stereocenters. The average Bonchev–Trinajstić information content (AvgIpc) is 3.47. The maximum atomic E-state index is 13.0. The van der Waals surface area contributed by atoms with Gasteiger partial charge in [-0.3, -0.25) is 9.89 Å². The number of furan rings is 1. The first-order valence-corrected chi connectivity index (χ1v) is 12.0. The summed E-state index contributed by atoms with van der Waals surface area (Å²) in [6.07, 6.45) is 10.8. The third kappa shape index (κ3) is 4.67. The normalized spacial score (nSPS) is 20.7. The maximum Gasteiger partial charge on any atom is 0.276 e. The minimum atomic E-state index is -3.79. The molecule has 2 aromatic rings. The highest BCUT2D eigenvalue weighted by atomic mass is 32.2. The van der Waals surface area contributed by atoms with Gasteiger partial charge in [-0.15, -0.1) is 0 Å². The Hall–Kier alpha value is -2.39. The molecule has 0 aromatic carbocycles. The van der Waals surface area contributed by atoms with Gasteiger partial charge in [0.05, 0.1) is 5.92 Å². The van der Waals surface area contributed by atoms with Crippen molar-refractivity contribution < 1.29 is 17.6 Å². The van der Waals surface area contributed by atoms with Crippen LogP contribution in [0.25, 0.3) is 11.5 Å². The minimum Gasteiger partial charge on any atom is -0.442 e. The van der Waals surface area contributed by atoms with Crippen LogP contribution in [0.2, 0.25) is 0 Å². The number of rotatable bonds is 7. The summed E-state index contributed by atoms with van der Waals surface area (Å²) in [6, 6.07) is 4.77. The van der Waals surface area contributed by atoms with Crippen LogP contribution < -0.4 is 5.32 Å². The van der Waals surface area contributed by atoms with E-state index in [1.54, 1.807) is 18.3 Å². The van der Waals surface area contributed by atoms with E-state index in [-0.39, 0.29) is 23.5 Å². The molecule has 0 radical (unpaired) electrons. The third-order valence-corrected chi connectivity index (χ3v) is 7.57. The van der Waals surface area contributed by atoms with Gasteiger partial charge in [0.1, 0.15) is 5.69 Å². The Morgan fingerprint density at radius 3 is 2.93 bits per heavy atom. The van der Waals surface area contributed by atoms with Gasteiger partial charge in [0, 0.05) is 25.8 Å². The van der Waals surface area contributed by atoms with Crippen LogP contribution in [0.3, 0.4) is 0 Å². The van der Waals surface area contributed by atoms with Gasteiger partial charge in [-0.2, -0.15) is 9.40 Å². The van der Waals surface area contributed by atoms with Crippen LogP contribution in [0.5, 0.6) is 0 Å². The number of aromatic amines is 1.